The third-order valence-corrected chi connectivity index (χ3v) is 5.45. The summed E-state index contributed by atoms with van der Waals surface area (Å²) < 4.78 is 14.7. The maximum Gasteiger partial charge on any atom is 0.234 e. The van der Waals surface area contributed by atoms with Crippen molar-refractivity contribution in [3.05, 3.63) is 54.1 Å². The molecule has 9 heteroatoms. The van der Waals surface area contributed by atoms with Crippen LogP contribution in [0.3, 0.4) is 0 Å². The average molecular weight is 430 g/mol. The van der Waals surface area contributed by atoms with Crippen molar-refractivity contribution in [2.75, 3.05) is 31.4 Å². The molecule has 0 radical (unpaired) electrons. The summed E-state index contributed by atoms with van der Waals surface area (Å²) in [5.74, 6) is 1.77. The van der Waals surface area contributed by atoms with Crippen molar-refractivity contribution in [2.45, 2.75) is 25.0 Å². The molecule has 3 rings (SSSR count). The topological polar surface area (TPSA) is 83.2 Å². The van der Waals surface area contributed by atoms with Gasteiger partial charge in [-0.25, -0.2) is 0 Å². The molecule has 0 aliphatic heterocycles. The summed E-state index contributed by atoms with van der Waals surface area (Å²) >= 11 is 1.36. The predicted octanol–water partition coefficient (Wildman–Crippen LogP) is 2.98. The highest BCUT2D eigenvalue weighted by Gasteiger charge is 2.15. The number of aryl methyl sites for hydroxylation is 1. The number of carbonyl (C=O) groups is 1. The zero-order valence-corrected chi connectivity index (χ0v) is 18.3. The second kappa shape index (κ2) is 10.8. The van der Waals surface area contributed by atoms with Gasteiger partial charge in [-0.15, -0.1) is 10.2 Å². The summed E-state index contributed by atoms with van der Waals surface area (Å²) in [5, 5.41) is 12.3. The lowest BCUT2D eigenvalue weighted by Gasteiger charge is -2.10. The highest BCUT2D eigenvalue weighted by atomic mass is 32.2. The van der Waals surface area contributed by atoms with E-state index in [1.165, 1.54) is 11.8 Å². The molecule has 1 amide bonds. The van der Waals surface area contributed by atoms with Crippen LogP contribution in [-0.2, 0) is 29.5 Å². The molecule has 160 valence electrons. The monoisotopic (exact) mass is 429 g/mol. The van der Waals surface area contributed by atoms with E-state index in [0.29, 0.717) is 31.3 Å². The summed E-state index contributed by atoms with van der Waals surface area (Å²) in [7, 11) is 3.67. The first-order valence-corrected chi connectivity index (χ1v) is 10.8. The number of ether oxygens (including phenoxy) is 2. The van der Waals surface area contributed by atoms with Crippen LogP contribution < -0.4 is 10.1 Å². The molecule has 0 saturated carbocycles. The molecule has 0 fully saturated rings. The third-order valence-electron chi connectivity index (χ3n) is 4.48. The molecule has 0 aliphatic rings. The molecular formula is C21H27N5O3S. The molecule has 30 heavy (non-hydrogen) atoms. The Hall–Kier alpha value is -2.78. The van der Waals surface area contributed by atoms with E-state index in [4.69, 9.17) is 9.47 Å². The largest absolute Gasteiger partial charge is 0.494 e. The Kier molecular flexibility index (Phi) is 7.92. The van der Waals surface area contributed by atoms with E-state index < -0.39 is 0 Å². The number of hydrogen-bond donors (Lipinski definition) is 1. The van der Waals surface area contributed by atoms with Crippen molar-refractivity contribution in [3.8, 4) is 5.75 Å². The second-order valence-corrected chi connectivity index (χ2v) is 7.57. The van der Waals surface area contributed by atoms with Gasteiger partial charge in [-0.05, 0) is 43.3 Å². The maximum absolute atomic E-state index is 12.4. The zero-order chi connectivity index (χ0) is 21.3. The number of thioether (sulfide) groups is 1. The Bertz CT molecular complexity index is 952. The molecule has 0 bridgehead atoms. The van der Waals surface area contributed by atoms with E-state index in [1.807, 2.05) is 55.1 Å². The summed E-state index contributed by atoms with van der Waals surface area (Å²) in [5.41, 5.74) is 1.88. The van der Waals surface area contributed by atoms with Crippen molar-refractivity contribution in [3.63, 3.8) is 0 Å². The van der Waals surface area contributed by atoms with E-state index in [1.54, 1.807) is 7.11 Å². The lowest BCUT2D eigenvalue weighted by molar-refractivity contribution is -0.113. The Morgan fingerprint density at radius 3 is 2.67 bits per heavy atom. The fraction of sp³-hybridized carbons (Fsp3) is 0.381. The van der Waals surface area contributed by atoms with Crippen LogP contribution in [0.1, 0.15) is 18.4 Å². The summed E-state index contributed by atoms with van der Waals surface area (Å²) in [6.45, 7) is 3.72. The fourth-order valence-electron chi connectivity index (χ4n) is 2.93. The number of nitrogens with one attached hydrogen (secondary N) is 1. The van der Waals surface area contributed by atoms with E-state index in [0.717, 1.165) is 23.0 Å². The molecule has 1 N–H and O–H groups in total. The molecule has 2 aromatic heterocycles. The van der Waals surface area contributed by atoms with Gasteiger partial charge < -0.3 is 23.9 Å². The van der Waals surface area contributed by atoms with E-state index in [2.05, 4.69) is 26.1 Å². The van der Waals surface area contributed by atoms with Crippen molar-refractivity contribution in [1.82, 2.24) is 19.3 Å². The lowest BCUT2D eigenvalue weighted by Crippen LogP contribution is -2.15. The van der Waals surface area contributed by atoms with Crippen LogP contribution in [0, 0.1) is 0 Å². The van der Waals surface area contributed by atoms with Crippen molar-refractivity contribution in [1.29, 1.82) is 0 Å². The van der Waals surface area contributed by atoms with Gasteiger partial charge in [-0.2, -0.15) is 0 Å². The first-order chi connectivity index (χ1) is 14.6. The summed E-state index contributed by atoms with van der Waals surface area (Å²) in [6, 6.07) is 11.4. The van der Waals surface area contributed by atoms with Gasteiger partial charge in [0, 0.05) is 44.7 Å². The Labute approximate surface area is 180 Å². The molecule has 3 aromatic rings. The third kappa shape index (κ3) is 5.87. The number of methoxy groups -OCH3 is 1. The molecule has 8 nitrogen and oxygen atoms in total. The van der Waals surface area contributed by atoms with Gasteiger partial charge >= 0.3 is 0 Å². The molecule has 0 unspecified atom stereocenters. The molecular weight excluding hydrogens is 402 g/mol. The predicted molar refractivity (Wildman–Crippen MR) is 117 cm³/mol. The van der Waals surface area contributed by atoms with E-state index >= 15 is 0 Å². The number of amides is 1. The van der Waals surface area contributed by atoms with Gasteiger partial charge in [0.25, 0.3) is 0 Å². The minimum atomic E-state index is -0.102. The van der Waals surface area contributed by atoms with Crippen LogP contribution in [0.5, 0.6) is 5.75 Å². The highest BCUT2D eigenvalue weighted by molar-refractivity contribution is 7.99. The maximum atomic E-state index is 12.4. The second-order valence-electron chi connectivity index (χ2n) is 6.62. The normalized spacial score (nSPS) is 10.9. The van der Waals surface area contributed by atoms with Gasteiger partial charge in [0.15, 0.2) is 5.16 Å². The Morgan fingerprint density at radius 2 is 2.00 bits per heavy atom. The molecule has 1 aromatic carbocycles. The summed E-state index contributed by atoms with van der Waals surface area (Å²) in [6.07, 6.45) is 2.67. The zero-order valence-electron chi connectivity index (χ0n) is 17.5. The standard InChI is InChI=1S/C21H27N5O3S/c1-4-29-18-9-7-16(8-10-18)22-20(27)15-30-21-24-23-19(26(21)12-13-28-3)14-17-6-5-11-25(17)2/h5-11H,4,12-15H2,1-3H3,(H,22,27). The Balaban J connectivity index is 1.62. The average Bonchev–Trinajstić information content (AvgIpc) is 3.32. The van der Waals surface area contributed by atoms with Gasteiger partial charge in [0.2, 0.25) is 5.91 Å². The number of benzene rings is 1. The molecule has 0 spiro atoms. The smallest absolute Gasteiger partial charge is 0.234 e. The SMILES string of the molecule is CCOc1ccc(NC(=O)CSc2nnc(Cc3cccn3C)n2CCOC)cc1. The van der Waals surface area contributed by atoms with Crippen LogP contribution >= 0.6 is 11.8 Å². The van der Waals surface area contributed by atoms with Gasteiger partial charge in [0.1, 0.15) is 11.6 Å². The van der Waals surface area contributed by atoms with Gasteiger partial charge in [0.05, 0.1) is 19.0 Å². The number of rotatable bonds is 11. The first kappa shape index (κ1) is 21.9. The van der Waals surface area contributed by atoms with E-state index in [9.17, 15) is 4.79 Å². The van der Waals surface area contributed by atoms with Gasteiger partial charge in [-0.1, -0.05) is 11.8 Å². The van der Waals surface area contributed by atoms with Crippen LogP contribution in [-0.4, -0.2) is 51.3 Å². The first-order valence-electron chi connectivity index (χ1n) is 9.77. The number of carbonyl (C=O) groups excluding carboxylic acids is 1. The lowest BCUT2D eigenvalue weighted by atomic mass is 10.3. The van der Waals surface area contributed by atoms with Crippen LogP contribution in [0.2, 0.25) is 0 Å². The quantitative estimate of drug-likeness (QED) is 0.472. The van der Waals surface area contributed by atoms with Crippen molar-refractivity contribution >= 4 is 23.4 Å². The highest BCUT2D eigenvalue weighted by Crippen LogP contribution is 2.20. The number of hydrogen-bond acceptors (Lipinski definition) is 6. The minimum absolute atomic E-state index is 0.102. The Morgan fingerprint density at radius 1 is 1.20 bits per heavy atom. The molecule has 0 saturated heterocycles. The van der Waals surface area contributed by atoms with Crippen molar-refractivity contribution < 1.29 is 14.3 Å². The van der Waals surface area contributed by atoms with Crippen molar-refractivity contribution in [2.24, 2.45) is 7.05 Å². The van der Waals surface area contributed by atoms with Crippen LogP contribution in [0.15, 0.2) is 47.8 Å². The van der Waals surface area contributed by atoms with E-state index in [-0.39, 0.29) is 11.7 Å². The number of nitrogens with zero attached hydrogens (tertiary/aromatic N) is 4. The summed E-state index contributed by atoms with van der Waals surface area (Å²) in [4.78, 5) is 12.4. The molecule has 0 atom stereocenters. The van der Waals surface area contributed by atoms with Crippen LogP contribution in [0.25, 0.3) is 0 Å². The number of anilines is 1. The number of aromatic nitrogens is 4. The fourth-order valence-corrected chi connectivity index (χ4v) is 3.72. The minimum Gasteiger partial charge on any atom is -0.494 e. The van der Waals surface area contributed by atoms with Gasteiger partial charge in [-0.3, -0.25) is 4.79 Å². The molecule has 0 aliphatic carbocycles. The molecule has 2 heterocycles. The van der Waals surface area contributed by atoms with Crippen LogP contribution in [0.4, 0.5) is 5.69 Å².